The van der Waals surface area contributed by atoms with Crippen molar-refractivity contribution in [3.05, 3.63) is 6.92 Å². The standard InChI is InChI=1S/C5H11.Y/c1-4-5(2)3;/h5H,2,4H2,1,3H3;/q-1;. The summed E-state index contributed by atoms with van der Waals surface area (Å²) in [4.78, 5) is 0. The van der Waals surface area contributed by atoms with Crippen molar-refractivity contribution in [2.24, 2.45) is 5.92 Å². The van der Waals surface area contributed by atoms with Crippen LogP contribution in [0, 0.1) is 12.8 Å². The Hall–Kier alpha value is 1.10. The van der Waals surface area contributed by atoms with Crippen molar-refractivity contribution in [1.82, 2.24) is 0 Å². The van der Waals surface area contributed by atoms with Crippen molar-refractivity contribution in [2.75, 3.05) is 0 Å². The summed E-state index contributed by atoms with van der Waals surface area (Å²) >= 11 is 0. The molecule has 0 fully saturated rings. The van der Waals surface area contributed by atoms with Gasteiger partial charge in [-0.3, -0.25) is 0 Å². The van der Waals surface area contributed by atoms with Gasteiger partial charge < -0.3 is 6.92 Å². The van der Waals surface area contributed by atoms with Gasteiger partial charge in [-0.2, -0.15) is 5.92 Å². The molecule has 1 unspecified atom stereocenters. The van der Waals surface area contributed by atoms with Crippen LogP contribution in [0.25, 0.3) is 0 Å². The third-order valence-corrected chi connectivity index (χ3v) is 0.697. The summed E-state index contributed by atoms with van der Waals surface area (Å²) in [7, 11) is 0. The van der Waals surface area contributed by atoms with E-state index in [2.05, 4.69) is 20.8 Å². The molecule has 0 nitrogen and oxygen atoms in total. The second-order valence-electron chi connectivity index (χ2n) is 1.51. The van der Waals surface area contributed by atoms with Crippen LogP contribution in [0.3, 0.4) is 0 Å². The van der Waals surface area contributed by atoms with E-state index in [9.17, 15) is 0 Å². The van der Waals surface area contributed by atoms with Gasteiger partial charge in [0, 0.05) is 32.7 Å². The van der Waals surface area contributed by atoms with Gasteiger partial charge >= 0.3 is 0 Å². The molecule has 0 rings (SSSR count). The maximum Gasteiger partial charge on any atom is 0 e. The van der Waals surface area contributed by atoms with Gasteiger partial charge in [-0.25, -0.2) is 0 Å². The van der Waals surface area contributed by atoms with Crippen LogP contribution in [0.1, 0.15) is 20.3 Å². The molecule has 1 heteroatoms. The van der Waals surface area contributed by atoms with Crippen LogP contribution in [0.5, 0.6) is 0 Å². The molecule has 0 aromatic rings. The Bertz CT molecular complexity index is 17.9. The van der Waals surface area contributed by atoms with Crippen molar-refractivity contribution in [2.45, 2.75) is 20.3 Å². The van der Waals surface area contributed by atoms with E-state index < -0.39 is 0 Å². The average molecular weight is 160 g/mol. The molecule has 0 aromatic carbocycles. The van der Waals surface area contributed by atoms with E-state index in [0.29, 0.717) is 5.92 Å². The van der Waals surface area contributed by atoms with Crippen molar-refractivity contribution in [3.63, 3.8) is 0 Å². The van der Waals surface area contributed by atoms with E-state index in [-0.39, 0.29) is 32.7 Å². The Morgan fingerprint density at radius 1 is 1.67 bits per heavy atom. The Morgan fingerprint density at radius 2 is 1.83 bits per heavy atom. The molecule has 0 heterocycles. The van der Waals surface area contributed by atoms with E-state index in [1.54, 1.807) is 0 Å². The van der Waals surface area contributed by atoms with Crippen LogP contribution in [-0.2, 0) is 32.7 Å². The molecule has 0 aliphatic carbocycles. The predicted molar refractivity (Wildman–Crippen MR) is 24.8 cm³/mol. The van der Waals surface area contributed by atoms with E-state index in [1.165, 1.54) is 6.42 Å². The van der Waals surface area contributed by atoms with Crippen LogP contribution in [0.15, 0.2) is 0 Å². The zero-order chi connectivity index (χ0) is 4.28. The molecule has 0 N–H and O–H groups in total. The first kappa shape index (κ1) is 10.2. The van der Waals surface area contributed by atoms with Crippen molar-refractivity contribution in [3.8, 4) is 0 Å². The SMILES string of the molecule is [CH2-]C(C)CC.[Y]. The second kappa shape index (κ2) is 6.10. The minimum atomic E-state index is 0. The van der Waals surface area contributed by atoms with Crippen LogP contribution in [0.2, 0.25) is 0 Å². The molecule has 0 aliphatic heterocycles. The van der Waals surface area contributed by atoms with E-state index in [1.807, 2.05) is 0 Å². The van der Waals surface area contributed by atoms with Gasteiger partial charge in [-0.1, -0.05) is 20.3 Å². The summed E-state index contributed by atoms with van der Waals surface area (Å²) in [6.07, 6.45) is 1.19. The summed E-state index contributed by atoms with van der Waals surface area (Å²) < 4.78 is 0. The quantitative estimate of drug-likeness (QED) is 0.513. The second-order valence-corrected chi connectivity index (χ2v) is 1.51. The van der Waals surface area contributed by atoms with E-state index >= 15 is 0 Å². The first-order valence-corrected chi connectivity index (χ1v) is 2.10. The Kier molecular flexibility index (Phi) is 10.3. The molecular weight excluding hydrogens is 149 g/mol. The minimum Gasteiger partial charge on any atom is -0.341 e. The van der Waals surface area contributed by atoms with Crippen molar-refractivity contribution in [1.29, 1.82) is 0 Å². The van der Waals surface area contributed by atoms with Crippen LogP contribution in [0.4, 0.5) is 0 Å². The Balaban J connectivity index is 0. The maximum atomic E-state index is 3.76. The van der Waals surface area contributed by atoms with Gasteiger partial charge in [0.15, 0.2) is 0 Å². The third-order valence-electron chi connectivity index (χ3n) is 0.697. The van der Waals surface area contributed by atoms with E-state index in [4.69, 9.17) is 0 Å². The normalized spacial score (nSPS) is 12.5. The first-order valence-electron chi connectivity index (χ1n) is 2.10. The number of rotatable bonds is 1. The van der Waals surface area contributed by atoms with Gasteiger partial charge in [-0.05, 0) is 0 Å². The molecule has 0 aliphatic rings. The topological polar surface area (TPSA) is 0 Å². The molecular formula is C5H11Y-. The fourth-order valence-electron chi connectivity index (χ4n) is 0. The van der Waals surface area contributed by atoms with Crippen LogP contribution >= 0.6 is 0 Å². The fourth-order valence-corrected chi connectivity index (χ4v) is 0. The zero-order valence-electron chi connectivity index (χ0n) is 4.57. The molecule has 1 radical (unpaired) electrons. The predicted octanol–water partition coefficient (Wildman–Crippen LogP) is 1.86. The third kappa shape index (κ3) is 8.92. The monoisotopic (exact) mass is 160 g/mol. The van der Waals surface area contributed by atoms with Gasteiger partial charge in [0.25, 0.3) is 0 Å². The maximum absolute atomic E-state index is 3.76. The number of hydrogen-bond donors (Lipinski definition) is 0. The summed E-state index contributed by atoms with van der Waals surface area (Å²) in [5.41, 5.74) is 0. The van der Waals surface area contributed by atoms with Gasteiger partial charge in [0.1, 0.15) is 0 Å². The van der Waals surface area contributed by atoms with Gasteiger partial charge in [0.05, 0.1) is 0 Å². The van der Waals surface area contributed by atoms with Crippen LogP contribution < -0.4 is 0 Å². The Labute approximate surface area is 65.6 Å². The molecule has 0 bridgehead atoms. The molecule has 0 amide bonds. The molecule has 1 atom stereocenters. The largest absolute Gasteiger partial charge is 0.341 e. The first-order chi connectivity index (χ1) is 2.27. The molecule has 0 saturated heterocycles. The number of hydrogen-bond acceptors (Lipinski definition) is 0. The zero-order valence-corrected chi connectivity index (χ0v) is 7.41. The molecule has 35 valence electrons. The Morgan fingerprint density at radius 3 is 1.83 bits per heavy atom. The minimum absolute atomic E-state index is 0. The molecule has 6 heavy (non-hydrogen) atoms. The molecule has 0 aromatic heterocycles. The van der Waals surface area contributed by atoms with Crippen molar-refractivity contribution >= 4 is 0 Å². The average Bonchev–Trinajstić information content (AvgIpc) is 1.38. The molecule has 0 spiro atoms. The molecule has 0 saturated carbocycles. The fraction of sp³-hybridized carbons (Fsp3) is 0.800. The van der Waals surface area contributed by atoms with Crippen molar-refractivity contribution < 1.29 is 32.7 Å². The summed E-state index contributed by atoms with van der Waals surface area (Å²) in [5, 5.41) is 0. The summed E-state index contributed by atoms with van der Waals surface area (Å²) in [5.74, 6) is 0.634. The summed E-state index contributed by atoms with van der Waals surface area (Å²) in [6, 6.07) is 0. The van der Waals surface area contributed by atoms with Gasteiger partial charge in [0.2, 0.25) is 0 Å². The van der Waals surface area contributed by atoms with Crippen LogP contribution in [-0.4, -0.2) is 0 Å². The van der Waals surface area contributed by atoms with Gasteiger partial charge in [-0.15, -0.1) is 0 Å². The van der Waals surface area contributed by atoms with E-state index in [0.717, 1.165) is 0 Å². The summed E-state index contributed by atoms with van der Waals surface area (Å²) in [6.45, 7) is 8.00. The smallest absolute Gasteiger partial charge is 0 e.